The SMILES string of the molecule is CC(=O)c1nn(CC2CCN(C(=O)OCc3ccccc3)CC2)c2ccccc12. The van der Waals surface area contributed by atoms with E-state index in [0.29, 0.717) is 31.3 Å². The topological polar surface area (TPSA) is 64.4 Å². The zero-order valence-corrected chi connectivity index (χ0v) is 16.6. The molecule has 0 atom stereocenters. The molecule has 2 heterocycles. The van der Waals surface area contributed by atoms with E-state index in [1.54, 1.807) is 11.8 Å². The van der Waals surface area contributed by atoms with Crippen molar-refractivity contribution in [3.05, 3.63) is 65.9 Å². The summed E-state index contributed by atoms with van der Waals surface area (Å²) in [5.41, 5.74) is 2.51. The van der Waals surface area contributed by atoms with Gasteiger partial charge in [-0.05, 0) is 30.4 Å². The summed E-state index contributed by atoms with van der Waals surface area (Å²) in [6, 6.07) is 17.6. The number of carbonyl (C=O) groups is 2. The van der Waals surface area contributed by atoms with Gasteiger partial charge >= 0.3 is 6.09 Å². The first-order chi connectivity index (χ1) is 14.1. The van der Waals surface area contributed by atoms with Crippen molar-refractivity contribution < 1.29 is 14.3 Å². The predicted molar refractivity (Wildman–Crippen MR) is 111 cm³/mol. The number of benzene rings is 2. The molecular formula is C23H25N3O3. The van der Waals surface area contributed by atoms with Crippen LogP contribution in [0.3, 0.4) is 0 Å². The van der Waals surface area contributed by atoms with Gasteiger partial charge in [-0.25, -0.2) is 4.79 Å². The van der Waals surface area contributed by atoms with Gasteiger partial charge < -0.3 is 9.64 Å². The van der Waals surface area contributed by atoms with Crippen LogP contribution in [0.1, 0.15) is 35.8 Å². The molecule has 1 aliphatic heterocycles. The lowest BCUT2D eigenvalue weighted by atomic mass is 9.97. The molecule has 1 saturated heterocycles. The summed E-state index contributed by atoms with van der Waals surface area (Å²) in [7, 11) is 0. The third-order valence-corrected chi connectivity index (χ3v) is 5.50. The van der Waals surface area contributed by atoms with Gasteiger partial charge in [0, 0.05) is 31.9 Å². The minimum absolute atomic E-state index is 0.0177. The van der Waals surface area contributed by atoms with E-state index in [-0.39, 0.29) is 11.9 Å². The van der Waals surface area contributed by atoms with Gasteiger partial charge in [0.2, 0.25) is 0 Å². The first kappa shape index (κ1) is 19.2. The number of aromatic nitrogens is 2. The maximum Gasteiger partial charge on any atom is 0.410 e. The lowest BCUT2D eigenvalue weighted by Gasteiger charge is -2.31. The van der Waals surface area contributed by atoms with E-state index in [0.717, 1.165) is 35.9 Å². The van der Waals surface area contributed by atoms with Crippen LogP contribution in [0.15, 0.2) is 54.6 Å². The molecule has 1 amide bonds. The fraction of sp³-hybridized carbons (Fsp3) is 0.348. The quantitative estimate of drug-likeness (QED) is 0.609. The first-order valence-corrected chi connectivity index (χ1v) is 10.0. The predicted octanol–water partition coefficient (Wildman–Crippen LogP) is 4.29. The Labute approximate surface area is 170 Å². The minimum Gasteiger partial charge on any atom is -0.445 e. The molecule has 0 radical (unpaired) electrons. The molecule has 4 rings (SSSR count). The fourth-order valence-electron chi connectivity index (χ4n) is 3.88. The molecule has 1 fully saturated rings. The highest BCUT2D eigenvalue weighted by atomic mass is 16.6. The number of hydrogen-bond acceptors (Lipinski definition) is 4. The summed E-state index contributed by atoms with van der Waals surface area (Å²) in [5, 5.41) is 5.47. The highest BCUT2D eigenvalue weighted by molar-refractivity contribution is 6.04. The van der Waals surface area contributed by atoms with E-state index in [9.17, 15) is 9.59 Å². The summed E-state index contributed by atoms with van der Waals surface area (Å²) in [6.07, 6.45) is 1.53. The van der Waals surface area contributed by atoms with Crippen molar-refractivity contribution in [3.8, 4) is 0 Å². The van der Waals surface area contributed by atoms with Crippen molar-refractivity contribution in [1.82, 2.24) is 14.7 Å². The molecule has 0 bridgehead atoms. The number of carbonyl (C=O) groups excluding carboxylic acids is 2. The van der Waals surface area contributed by atoms with E-state index in [1.165, 1.54) is 0 Å². The Morgan fingerprint density at radius 3 is 2.45 bits per heavy atom. The molecule has 3 aromatic rings. The number of amides is 1. The third kappa shape index (κ3) is 4.31. The lowest BCUT2D eigenvalue weighted by Crippen LogP contribution is -2.39. The third-order valence-electron chi connectivity index (χ3n) is 5.50. The highest BCUT2D eigenvalue weighted by Gasteiger charge is 2.25. The van der Waals surface area contributed by atoms with Gasteiger partial charge in [0.15, 0.2) is 5.78 Å². The van der Waals surface area contributed by atoms with Crippen molar-refractivity contribution in [3.63, 3.8) is 0 Å². The van der Waals surface area contributed by atoms with Crippen molar-refractivity contribution >= 4 is 22.8 Å². The number of fused-ring (bicyclic) bond motifs is 1. The average Bonchev–Trinajstić information content (AvgIpc) is 3.12. The van der Waals surface area contributed by atoms with E-state index < -0.39 is 0 Å². The number of hydrogen-bond donors (Lipinski definition) is 0. The van der Waals surface area contributed by atoms with Crippen molar-refractivity contribution in [2.75, 3.05) is 13.1 Å². The monoisotopic (exact) mass is 391 g/mol. The largest absolute Gasteiger partial charge is 0.445 e. The highest BCUT2D eigenvalue weighted by Crippen LogP contribution is 2.24. The van der Waals surface area contributed by atoms with Crippen molar-refractivity contribution in [2.45, 2.75) is 32.9 Å². The van der Waals surface area contributed by atoms with Crippen LogP contribution >= 0.6 is 0 Å². The van der Waals surface area contributed by atoms with Crippen LogP contribution in [0.25, 0.3) is 10.9 Å². The number of para-hydroxylation sites is 1. The average molecular weight is 391 g/mol. The summed E-state index contributed by atoms with van der Waals surface area (Å²) in [6.45, 7) is 3.96. The summed E-state index contributed by atoms with van der Waals surface area (Å²) < 4.78 is 7.38. The number of likely N-dealkylation sites (tertiary alicyclic amines) is 1. The smallest absolute Gasteiger partial charge is 0.410 e. The molecule has 29 heavy (non-hydrogen) atoms. The number of nitrogens with zero attached hydrogens (tertiary/aromatic N) is 3. The molecule has 0 unspecified atom stereocenters. The Hall–Kier alpha value is -3.15. The molecule has 0 N–H and O–H groups in total. The van der Waals surface area contributed by atoms with Crippen LogP contribution in [-0.4, -0.2) is 39.6 Å². The van der Waals surface area contributed by atoms with Gasteiger partial charge in [-0.1, -0.05) is 48.5 Å². The van der Waals surface area contributed by atoms with Gasteiger partial charge in [0.1, 0.15) is 12.3 Å². The molecule has 0 spiro atoms. The van der Waals surface area contributed by atoms with Gasteiger partial charge in [-0.15, -0.1) is 0 Å². The minimum atomic E-state index is -0.254. The standard InChI is InChI=1S/C23H25N3O3/c1-17(27)22-20-9-5-6-10-21(20)26(24-22)15-18-11-13-25(14-12-18)23(28)29-16-19-7-3-2-4-8-19/h2-10,18H,11-16H2,1H3. The van der Waals surface area contributed by atoms with Crippen LogP contribution in [0.4, 0.5) is 4.79 Å². The fourth-order valence-corrected chi connectivity index (χ4v) is 3.88. The van der Waals surface area contributed by atoms with Gasteiger partial charge in [-0.3, -0.25) is 9.48 Å². The molecule has 6 nitrogen and oxygen atoms in total. The van der Waals surface area contributed by atoms with Gasteiger partial charge in [-0.2, -0.15) is 5.10 Å². The summed E-state index contributed by atoms with van der Waals surface area (Å²) >= 11 is 0. The second-order valence-corrected chi connectivity index (χ2v) is 7.57. The maximum atomic E-state index is 12.3. The molecular weight excluding hydrogens is 366 g/mol. The van der Waals surface area contributed by atoms with Gasteiger partial charge in [0.25, 0.3) is 0 Å². The molecule has 2 aromatic carbocycles. The Balaban J connectivity index is 1.34. The van der Waals surface area contributed by atoms with E-state index in [1.807, 2.05) is 59.3 Å². The van der Waals surface area contributed by atoms with E-state index in [4.69, 9.17) is 4.74 Å². The molecule has 6 heteroatoms. The van der Waals surface area contributed by atoms with E-state index >= 15 is 0 Å². The number of Topliss-reactive ketones (excluding diaryl/α,β-unsaturated/α-hetero) is 1. The molecule has 1 aliphatic rings. The summed E-state index contributed by atoms with van der Waals surface area (Å²) in [4.78, 5) is 26.0. The second-order valence-electron chi connectivity index (χ2n) is 7.57. The number of piperidine rings is 1. The first-order valence-electron chi connectivity index (χ1n) is 10.0. The summed E-state index contributed by atoms with van der Waals surface area (Å²) in [5.74, 6) is 0.396. The zero-order chi connectivity index (χ0) is 20.2. The molecule has 1 aromatic heterocycles. The lowest BCUT2D eigenvalue weighted by molar-refractivity contribution is 0.0803. The van der Waals surface area contributed by atoms with Crippen molar-refractivity contribution in [1.29, 1.82) is 0 Å². The number of ether oxygens (including phenoxy) is 1. The Morgan fingerprint density at radius 1 is 1.03 bits per heavy atom. The molecule has 0 aliphatic carbocycles. The Morgan fingerprint density at radius 2 is 1.72 bits per heavy atom. The number of rotatable bonds is 5. The maximum absolute atomic E-state index is 12.3. The van der Waals surface area contributed by atoms with Crippen LogP contribution in [0.2, 0.25) is 0 Å². The van der Waals surface area contributed by atoms with Gasteiger partial charge in [0.05, 0.1) is 5.52 Å². The molecule has 0 saturated carbocycles. The second kappa shape index (κ2) is 8.47. The Bertz CT molecular complexity index is 1000. The normalized spacial score (nSPS) is 14.9. The number of ketones is 1. The van der Waals surface area contributed by atoms with Crippen LogP contribution in [0, 0.1) is 5.92 Å². The van der Waals surface area contributed by atoms with Crippen LogP contribution in [-0.2, 0) is 17.9 Å². The molecule has 150 valence electrons. The van der Waals surface area contributed by atoms with Crippen molar-refractivity contribution in [2.24, 2.45) is 5.92 Å². The Kier molecular flexibility index (Phi) is 5.60. The zero-order valence-electron chi connectivity index (χ0n) is 16.6. The van der Waals surface area contributed by atoms with Crippen LogP contribution in [0.5, 0.6) is 0 Å². The van der Waals surface area contributed by atoms with E-state index in [2.05, 4.69) is 5.10 Å². The van der Waals surface area contributed by atoms with Crippen LogP contribution < -0.4 is 0 Å².